The molecule has 4 rings (SSSR count). The number of alkyl halides is 1. The Hall–Kier alpha value is -0.0400. The molecule has 0 aromatic carbocycles. The molecule has 140 valence electrons. The number of halogens is 1. The van der Waals surface area contributed by atoms with Crippen molar-refractivity contribution in [2.45, 2.75) is 77.0 Å². The highest BCUT2D eigenvalue weighted by molar-refractivity contribution is 9.09. The van der Waals surface area contributed by atoms with Crippen molar-refractivity contribution < 1.29 is 0 Å². The lowest BCUT2D eigenvalue weighted by atomic mass is 9.42. The average Bonchev–Trinajstić information content (AvgIpc) is 2.61. The third-order valence-electron chi connectivity index (χ3n) is 8.60. The van der Waals surface area contributed by atoms with Gasteiger partial charge in [0.1, 0.15) is 0 Å². The molecule has 0 bridgehead atoms. The molecule has 4 aliphatic rings. The topological polar surface area (TPSA) is 0 Å². The molecule has 1 heteroatoms. The number of hydrogen-bond acceptors (Lipinski definition) is 0. The molecule has 0 nitrogen and oxygen atoms in total. The number of allylic oxidation sites excluding steroid dienone is 4. The summed E-state index contributed by atoms with van der Waals surface area (Å²) >= 11 is 3.90. The maximum Gasteiger partial charge on any atom is 0.0328 e. The van der Waals surface area contributed by atoms with Crippen LogP contribution in [0, 0.1) is 46.8 Å². The average molecular weight is 405 g/mol. The third kappa shape index (κ3) is 3.11. The fourth-order valence-corrected chi connectivity index (χ4v) is 7.97. The largest absolute Gasteiger partial charge is 0.0879 e. The minimum Gasteiger partial charge on any atom is -0.0879 e. The van der Waals surface area contributed by atoms with Crippen molar-refractivity contribution in [2.24, 2.45) is 46.8 Å². The van der Waals surface area contributed by atoms with Crippen molar-refractivity contribution in [1.82, 2.24) is 0 Å². The Bertz CT molecular complexity index is 530. The zero-order valence-corrected chi connectivity index (χ0v) is 18.0. The van der Waals surface area contributed by atoms with Crippen LogP contribution in [0.4, 0.5) is 0 Å². The van der Waals surface area contributed by atoms with Gasteiger partial charge in [-0.2, -0.15) is 0 Å². The predicted octanol–water partition coefficient (Wildman–Crippen LogP) is 7.40. The van der Waals surface area contributed by atoms with Crippen LogP contribution in [0.1, 0.15) is 72.1 Å². The summed E-state index contributed by atoms with van der Waals surface area (Å²) in [6, 6.07) is 0. The van der Waals surface area contributed by atoms with E-state index in [2.05, 4.69) is 61.0 Å². The number of fused-ring (bicyclic) bond motifs is 2. The summed E-state index contributed by atoms with van der Waals surface area (Å²) in [4.78, 5) is 0.596. The van der Waals surface area contributed by atoms with Gasteiger partial charge in [-0.25, -0.2) is 0 Å². The minimum absolute atomic E-state index is 0.448. The molecule has 0 aliphatic heterocycles. The van der Waals surface area contributed by atoms with Gasteiger partial charge in [-0.1, -0.05) is 86.7 Å². The summed E-state index contributed by atoms with van der Waals surface area (Å²) < 4.78 is 0. The van der Waals surface area contributed by atoms with Crippen LogP contribution in [0.2, 0.25) is 0 Å². The first-order valence-corrected chi connectivity index (χ1v) is 11.9. The van der Waals surface area contributed by atoms with E-state index in [9.17, 15) is 0 Å². The summed E-state index contributed by atoms with van der Waals surface area (Å²) in [7, 11) is 0. The molecule has 25 heavy (non-hydrogen) atoms. The van der Waals surface area contributed by atoms with E-state index in [-0.39, 0.29) is 0 Å². The monoisotopic (exact) mass is 404 g/mol. The van der Waals surface area contributed by atoms with Crippen LogP contribution < -0.4 is 0 Å². The van der Waals surface area contributed by atoms with Gasteiger partial charge in [0.2, 0.25) is 0 Å². The van der Waals surface area contributed by atoms with Crippen LogP contribution in [0.5, 0.6) is 0 Å². The summed E-state index contributed by atoms with van der Waals surface area (Å²) in [6.45, 7) is 7.53. The molecule has 0 N–H and O–H groups in total. The number of unbranched alkanes of at least 4 members (excludes halogenated alkanes) is 2. The molecule has 0 saturated heterocycles. The van der Waals surface area contributed by atoms with E-state index < -0.39 is 0 Å². The molecule has 0 radical (unpaired) electrons. The van der Waals surface area contributed by atoms with Crippen molar-refractivity contribution in [3.05, 3.63) is 24.3 Å². The lowest BCUT2D eigenvalue weighted by Crippen LogP contribution is -2.56. The fraction of sp³-hybridized carbons (Fsp3) is 0.833. The Morgan fingerprint density at radius 2 is 1.88 bits per heavy atom. The minimum atomic E-state index is 0.448. The standard InChI is InChI=1S/C24H37Br/c1-4-5-6-8-16-11-13-20-19-14-12-17(25)15-22(19)24(2,3)21-10-7-9-18(16)23(20)21/h7,10,12,14,16-23H,4-6,8-9,11,13,15H2,1-3H3. The molecule has 2 fully saturated rings. The highest BCUT2D eigenvalue weighted by Gasteiger charge is 2.58. The van der Waals surface area contributed by atoms with Crippen molar-refractivity contribution in [2.75, 3.05) is 0 Å². The van der Waals surface area contributed by atoms with Gasteiger partial charge in [0.05, 0.1) is 0 Å². The van der Waals surface area contributed by atoms with E-state index >= 15 is 0 Å². The maximum atomic E-state index is 3.90. The van der Waals surface area contributed by atoms with Gasteiger partial charge < -0.3 is 0 Å². The number of rotatable bonds is 4. The van der Waals surface area contributed by atoms with Crippen LogP contribution in [0.25, 0.3) is 0 Å². The lowest BCUT2D eigenvalue weighted by Gasteiger charge is -2.62. The van der Waals surface area contributed by atoms with E-state index in [4.69, 9.17) is 0 Å². The Morgan fingerprint density at radius 3 is 2.68 bits per heavy atom. The van der Waals surface area contributed by atoms with Crippen molar-refractivity contribution in [3.8, 4) is 0 Å². The SMILES string of the molecule is CCCCCC1CCC2C3C=CC(Br)CC3C(C)(C)C3C=CCC1C23. The van der Waals surface area contributed by atoms with Crippen LogP contribution in [-0.2, 0) is 0 Å². The molecule has 0 aromatic heterocycles. The Balaban J connectivity index is 1.63. The summed E-state index contributed by atoms with van der Waals surface area (Å²) in [5.74, 6) is 6.40. The molecule has 8 atom stereocenters. The van der Waals surface area contributed by atoms with E-state index in [0.717, 1.165) is 41.4 Å². The first kappa shape index (κ1) is 18.3. The fourth-order valence-electron chi connectivity index (χ4n) is 7.39. The van der Waals surface area contributed by atoms with Crippen molar-refractivity contribution in [3.63, 3.8) is 0 Å². The van der Waals surface area contributed by atoms with E-state index in [1.54, 1.807) is 0 Å². The van der Waals surface area contributed by atoms with Gasteiger partial charge in [0, 0.05) is 4.83 Å². The maximum absolute atomic E-state index is 3.90. The van der Waals surface area contributed by atoms with Gasteiger partial charge in [-0.05, 0) is 72.5 Å². The van der Waals surface area contributed by atoms with E-state index in [1.165, 1.54) is 51.4 Å². The smallest absolute Gasteiger partial charge is 0.0328 e. The normalized spacial score (nSPS) is 47.2. The first-order chi connectivity index (χ1) is 12.0. The molecular weight excluding hydrogens is 368 g/mol. The molecule has 0 aromatic rings. The highest BCUT2D eigenvalue weighted by atomic mass is 79.9. The second-order valence-electron chi connectivity index (χ2n) is 10.1. The van der Waals surface area contributed by atoms with Gasteiger partial charge in [0.25, 0.3) is 0 Å². The molecule has 4 aliphatic carbocycles. The Labute approximate surface area is 164 Å². The van der Waals surface area contributed by atoms with Crippen LogP contribution in [-0.4, -0.2) is 4.83 Å². The van der Waals surface area contributed by atoms with Crippen LogP contribution >= 0.6 is 15.9 Å². The van der Waals surface area contributed by atoms with Gasteiger partial charge in [0.15, 0.2) is 0 Å². The summed E-state index contributed by atoms with van der Waals surface area (Å²) in [5.41, 5.74) is 0.448. The van der Waals surface area contributed by atoms with Gasteiger partial charge in [-0.3, -0.25) is 0 Å². The number of hydrogen-bond donors (Lipinski definition) is 0. The Morgan fingerprint density at radius 1 is 1.04 bits per heavy atom. The Kier molecular flexibility index (Phi) is 5.26. The zero-order chi connectivity index (χ0) is 17.6. The van der Waals surface area contributed by atoms with Gasteiger partial charge in [-0.15, -0.1) is 0 Å². The molecule has 0 spiro atoms. The van der Waals surface area contributed by atoms with Crippen LogP contribution in [0.15, 0.2) is 24.3 Å². The van der Waals surface area contributed by atoms with Crippen LogP contribution in [0.3, 0.4) is 0 Å². The molecule has 0 amide bonds. The van der Waals surface area contributed by atoms with E-state index in [0.29, 0.717) is 10.2 Å². The molecule has 8 unspecified atom stereocenters. The second-order valence-corrected chi connectivity index (χ2v) is 11.2. The third-order valence-corrected chi connectivity index (χ3v) is 9.28. The molecule has 2 saturated carbocycles. The second kappa shape index (κ2) is 7.17. The van der Waals surface area contributed by atoms with Gasteiger partial charge >= 0.3 is 0 Å². The molecular formula is C24H37Br. The summed E-state index contributed by atoms with van der Waals surface area (Å²) in [5, 5.41) is 0. The predicted molar refractivity (Wildman–Crippen MR) is 112 cm³/mol. The molecule has 0 heterocycles. The van der Waals surface area contributed by atoms with Crippen molar-refractivity contribution in [1.29, 1.82) is 0 Å². The summed E-state index contributed by atoms with van der Waals surface area (Å²) in [6.07, 6.45) is 21.8. The lowest BCUT2D eigenvalue weighted by molar-refractivity contribution is -0.104. The van der Waals surface area contributed by atoms with E-state index in [1.807, 2.05) is 0 Å². The quantitative estimate of drug-likeness (QED) is 0.260. The zero-order valence-electron chi connectivity index (χ0n) is 16.5. The first-order valence-electron chi connectivity index (χ1n) is 11.0. The highest BCUT2D eigenvalue weighted by Crippen LogP contribution is 2.64. The van der Waals surface area contributed by atoms with Crippen molar-refractivity contribution >= 4 is 15.9 Å².